The van der Waals surface area contributed by atoms with Crippen molar-refractivity contribution in [2.75, 3.05) is 31.6 Å². The van der Waals surface area contributed by atoms with E-state index in [1.165, 1.54) is 37.2 Å². The number of amides is 1. The van der Waals surface area contributed by atoms with Crippen molar-refractivity contribution in [3.63, 3.8) is 0 Å². The topological polar surface area (TPSA) is 75.6 Å². The van der Waals surface area contributed by atoms with Crippen LogP contribution in [0.3, 0.4) is 0 Å². The number of carbonyl (C=O) groups is 2. The number of aryl methyl sites for hydroxylation is 1. The van der Waals surface area contributed by atoms with Crippen LogP contribution in [0.1, 0.15) is 63.5 Å². The van der Waals surface area contributed by atoms with Crippen LogP contribution in [-0.4, -0.2) is 47.6 Å². The molecule has 1 aliphatic heterocycles. The van der Waals surface area contributed by atoms with Gasteiger partial charge in [0.25, 0.3) is 0 Å². The molecule has 0 radical (unpaired) electrons. The monoisotopic (exact) mass is 526 g/mol. The highest BCUT2D eigenvalue weighted by atomic mass is 32.1. The van der Waals surface area contributed by atoms with Crippen LogP contribution >= 0.6 is 22.7 Å². The van der Waals surface area contributed by atoms with Gasteiger partial charge < -0.3 is 19.9 Å². The fourth-order valence-corrected chi connectivity index (χ4v) is 7.85. The number of esters is 1. The number of carbonyl (C=O) groups excluding carboxylic acids is 2. The maximum atomic E-state index is 12.9. The Morgan fingerprint density at radius 3 is 2.61 bits per heavy atom. The van der Waals surface area contributed by atoms with Crippen LogP contribution in [0.4, 0.5) is 5.00 Å². The second-order valence-corrected chi connectivity index (χ2v) is 11.5. The van der Waals surface area contributed by atoms with Gasteiger partial charge in [-0.05, 0) is 68.8 Å². The number of anilines is 1. The first-order chi connectivity index (χ1) is 17.6. The predicted octanol–water partition coefficient (Wildman–Crippen LogP) is 4.76. The average Bonchev–Trinajstić information content (AvgIpc) is 3.61. The molecule has 0 atom stereocenters. The lowest BCUT2D eigenvalue weighted by Gasteiger charge is -2.25. The summed E-state index contributed by atoms with van der Waals surface area (Å²) in [4.78, 5) is 30.7. The van der Waals surface area contributed by atoms with Gasteiger partial charge in [0.15, 0.2) is 0 Å². The molecule has 3 aromatic rings. The minimum atomic E-state index is -0.331. The highest BCUT2D eigenvalue weighted by Crippen LogP contribution is 2.39. The van der Waals surface area contributed by atoms with Crippen molar-refractivity contribution >= 4 is 39.6 Å². The van der Waals surface area contributed by atoms with E-state index in [1.807, 2.05) is 30.4 Å². The summed E-state index contributed by atoms with van der Waals surface area (Å²) in [5, 5.41) is 8.25. The second kappa shape index (κ2) is 11.3. The zero-order chi connectivity index (χ0) is 25.1. The number of thiophene rings is 2. The van der Waals surface area contributed by atoms with Crippen molar-refractivity contribution < 1.29 is 14.3 Å². The van der Waals surface area contributed by atoms with Crippen molar-refractivity contribution in [3.8, 4) is 5.00 Å². The van der Waals surface area contributed by atoms with Gasteiger partial charge in [-0.3, -0.25) is 9.69 Å². The third-order valence-electron chi connectivity index (χ3n) is 7.00. The summed E-state index contributed by atoms with van der Waals surface area (Å²) >= 11 is 3.39. The highest BCUT2D eigenvalue weighted by Gasteiger charge is 2.28. The van der Waals surface area contributed by atoms with E-state index < -0.39 is 0 Å². The molecule has 5 rings (SSSR count). The Kier molecular flexibility index (Phi) is 7.90. The molecule has 2 aliphatic rings. The molecule has 0 saturated carbocycles. The van der Waals surface area contributed by atoms with Gasteiger partial charge in [0.05, 0.1) is 18.7 Å². The van der Waals surface area contributed by atoms with E-state index in [0.29, 0.717) is 23.7 Å². The molecule has 0 spiro atoms. The van der Waals surface area contributed by atoms with E-state index in [2.05, 4.69) is 39.4 Å². The molecule has 0 bridgehead atoms. The van der Waals surface area contributed by atoms with Crippen molar-refractivity contribution in [2.24, 2.45) is 0 Å². The van der Waals surface area contributed by atoms with Gasteiger partial charge in [-0.2, -0.15) is 0 Å². The normalized spacial score (nSPS) is 15.4. The summed E-state index contributed by atoms with van der Waals surface area (Å²) < 4.78 is 7.50. The SMILES string of the molecule is CCOC(=O)c1c(NC(=O)CNCc2c(-n3cccc3)sc3c2CCN(CC)C3)sc2c1CCCC2. The molecule has 1 aliphatic carbocycles. The van der Waals surface area contributed by atoms with E-state index in [-0.39, 0.29) is 18.4 Å². The molecule has 0 aromatic carbocycles. The van der Waals surface area contributed by atoms with Gasteiger partial charge >= 0.3 is 5.97 Å². The molecular weight excluding hydrogens is 492 g/mol. The van der Waals surface area contributed by atoms with E-state index >= 15 is 0 Å². The zero-order valence-corrected chi connectivity index (χ0v) is 22.7. The Labute approximate surface area is 220 Å². The molecule has 0 fully saturated rings. The maximum absolute atomic E-state index is 12.9. The first-order valence-electron chi connectivity index (χ1n) is 12.9. The van der Waals surface area contributed by atoms with Crippen molar-refractivity contribution in [1.29, 1.82) is 0 Å². The molecule has 1 amide bonds. The lowest BCUT2D eigenvalue weighted by Crippen LogP contribution is -2.31. The molecule has 9 heteroatoms. The highest BCUT2D eigenvalue weighted by molar-refractivity contribution is 7.17. The van der Waals surface area contributed by atoms with Gasteiger partial charge in [0.1, 0.15) is 10.0 Å². The molecule has 3 aromatic heterocycles. The minimum absolute atomic E-state index is 0.136. The summed E-state index contributed by atoms with van der Waals surface area (Å²) in [7, 11) is 0. The average molecular weight is 527 g/mol. The third kappa shape index (κ3) is 5.16. The summed E-state index contributed by atoms with van der Waals surface area (Å²) in [5.74, 6) is -0.467. The van der Waals surface area contributed by atoms with Crippen LogP contribution in [-0.2, 0) is 41.9 Å². The lowest BCUT2D eigenvalue weighted by atomic mass is 9.95. The van der Waals surface area contributed by atoms with Gasteiger partial charge in [-0.25, -0.2) is 4.79 Å². The summed E-state index contributed by atoms with van der Waals surface area (Å²) in [6.45, 7) is 8.27. The molecule has 2 N–H and O–H groups in total. The van der Waals surface area contributed by atoms with Crippen molar-refractivity contribution in [2.45, 2.75) is 59.0 Å². The first-order valence-corrected chi connectivity index (χ1v) is 14.5. The van der Waals surface area contributed by atoms with Crippen molar-refractivity contribution in [3.05, 3.63) is 56.5 Å². The third-order valence-corrected chi connectivity index (χ3v) is 9.48. The van der Waals surface area contributed by atoms with Crippen LogP contribution < -0.4 is 10.6 Å². The summed E-state index contributed by atoms with van der Waals surface area (Å²) in [5.41, 5.74) is 4.34. The molecular formula is C27H34N4O3S2. The molecule has 0 saturated heterocycles. The first kappa shape index (κ1) is 25.2. The van der Waals surface area contributed by atoms with Crippen LogP contribution in [0.2, 0.25) is 0 Å². The predicted molar refractivity (Wildman–Crippen MR) is 146 cm³/mol. The number of likely N-dealkylation sites (N-methyl/N-ethyl adjacent to an activating group) is 1. The zero-order valence-electron chi connectivity index (χ0n) is 21.0. The number of fused-ring (bicyclic) bond motifs is 2. The fourth-order valence-electron chi connectivity index (χ4n) is 5.18. The molecule has 0 unspecified atom stereocenters. The Bertz CT molecular complexity index is 1230. The maximum Gasteiger partial charge on any atom is 0.341 e. The Morgan fingerprint density at radius 2 is 1.83 bits per heavy atom. The number of ether oxygens (including phenoxy) is 1. The molecule has 192 valence electrons. The van der Waals surface area contributed by atoms with Gasteiger partial charge in [-0.1, -0.05) is 6.92 Å². The number of hydrogen-bond donors (Lipinski definition) is 2. The van der Waals surface area contributed by atoms with E-state index in [4.69, 9.17) is 4.74 Å². The fraction of sp³-hybridized carbons (Fsp3) is 0.481. The van der Waals surface area contributed by atoms with Crippen LogP contribution in [0, 0.1) is 0 Å². The van der Waals surface area contributed by atoms with E-state index in [9.17, 15) is 9.59 Å². The number of aromatic nitrogens is 1. The van der Waals surface area contributed by atoms with Crippen LogP contribution in [0.15, 0.2) is 24.5 Å². The Hall–Kier alpha value is -2.46. The number of nitrogens with zero attached hydrogens (tertiary/aromatic N) is 2. The number of nitrogens with one attached hydrogen (secondary N) is 2. The standard InChI is InChI=1S/C27H34N4O3S2/c1-3-30-14-11-18-20(26(36-22(18)17-30)31-12-7-8-13-31)15-28-16-23(32)29-25-24(27(33)34-4-2)19-9-5-6-10-21(19)35-25/h7-8,12-13,28H,3-6,9-11,14-17H2,1-2H3,(H,29,32). The molecule has 36 heavy (non-hydrogen) atoms. The van der Waals surface area contributed by atoms with Gasteiger partial charge in [0, 0.05) is 47.3 Å². The van der Waals surface area contributed by atoms with E-state index in [1.54, 1.807) is 0 Å². The largest absolute Gasteiger partial charge is 0.462 e. The minimum Gasteiger partial charge on any atom is -0.462 e. The second-order valence-electron chi connectivity index (χ2n) is 9.28. The summed E-state index contributed by atoms with van der Waals surface area (Å²) in [6, 6.07) is 4.09. The van der Waals surface area contributed by atoms with Crippen molar-refractivity contribution in [1.82, 2.24) is 14.8 Å². The Morgan fingerprint density at radius 1 is 1.03 bits per heavy atom. The smallest absolute Gasteiger partial charge is 0.341 e. The lowest BCUT2D eigenvalue weighted by molar-refractivity contribution is -0.115. The molecule has 4 heterocycles. The van der Waals surface area contributed by atoms with Gasteiger partial charge in [-0.15, -0.1) is 22.7 Å². The summed E-state index contributed by atoms with van der Waals surface area (Å²) in [6.07, 6.45) is 9.22. The van der Waals surface area contributed by atoms with Crippen LogP contribution in [0.5, 0.6) is 0 Å². The number of hydrogen-bond acceptors (Lipinski definition) is 7. The number of rotatable bonds is 9. The van der Waals surface area contributed by atoms with Crippen LogP contribution in [0.25, 0.3) is 5.00 Å². The van der Waals surface area contributed by atoms with Gasteiger partial charge in [0.2, 0.25) is 5.91 Å². The quantitative estimate of drug-likeness (QED) is 0.393. The molecule has 7 nitrogen and oxygen atoms in total. The van der Waals surface area contributed by atoms with E-state index in [0.717, 1.165) is 57.3 Å². The Balaban J connectivity index is 1.29.